The first-order chi connectivity index (χ1) is 16.4. The highest BCUT2D eigenvalue weighted by molar-refractivity contribution is 5.99. The van der Waals surface area contributed by atoms with Gasteiger partial charge in [0.1, 0.15) is 11.4 Å². The molecule has 0 bridgehead atoms. The number of halogens is 1. The zero-order valence-electron chi connectivity index (χ0n) is 18.6. The number of carbonyl (C=O) groups is 1. The number of nitrogens with zero attached hydrogens (tertiary/aromatic N) is 5. The van der Waals surface area contributed by atoms with Gasteiger partial charge >= 0.3 is 0 Å². The molecule has 1 fully saturated rings. The van der Waals surface area contributed by atoms with Crippen LogP contribution in [0.4, 0.5) is 15.9 Å². The Hall–Kier alpha value is -4.28. The van der Waals surface area contributed by atoms with Gasteiger partial charge in [-0.05, 0) is 36.4 Å². The Morgan fingerprint density at radius 3 is 2.18 bits per heavy atom. The van der Waals surface area contributed by atoms with Crippen LogP contribution in [0.25, 0.3) is 11.3 Å². The van der Waals surface area contributed by atoms with E-state index in [4.69, 9.17) is 9.47 Å². The summed E-state index contributed by atoms with van der Waals surface area (Å²) >= 11 is 0. The Balaban J connectivity index is 1.46. The molecular weight excluding hydrogens is 445 g/mol. The van der Waals surface area contributed by atoms with Crippen LogP contribution in [0.2, 0.25) is 0 Å². The molecule has 1 aromatic heterocycles. The Kier molecular flexibility index (Phi) is 6.53. The van der Waals surface area contributed by atoms with Crippen LogP contribution in [0.1, 0.15) is 10.4 Å². The van der Waals surface area contributed by atoms with Crippen molar-refractivity contribution in [3.63, 3.8) is 0 Å². The minimum Gasteiger partial charge on any atom is -0.493 e. The lowest BCUT2D eigenvalue weighted by molar-refractivity contribution is -0.385. The predicted octanol–water partition coefficient (Wildman–Crippen LogP) is 3.17. The second-order valence-corrected chi connectivity index (χ2v) is 7.54. The number of nitro benzene ring substituents is 1. The number of hydrogen-bond acceptors (Lipinski definition) is 8. The first-order valence-corrected chi connectivity index (χ1v) is 10.5. The predicted molar refractivity (Wildman–Crippen MR) is 122 cm³/mol. The second-order valence-electron chi connectivity index (χ2n) is 7.54. The molecule has 0 radical (unpaired) electrons. The van der Waals surface area contributed by atoms with E-state index in [9.17, 15) is 19.3 Å². The average molecular weight is 467 g/mol. The summed E-state index contributed by atoms with van der Waals surface area (Å²) in [5.74, 6) is 0.295. The minimum absolute atomic E-state index is 0.0560. The molecule has 0 spiro atoms. The number of carbonyl (C=O) groups excluding carboxylic acids is 1. The standard InChI is InChI=1S/C23H22FN5O5/c1-33-20-13-17(19(29(31)32)14-21(20)34-2)23(30)28-11-9-27(10-12-28)22-8-7-18(25-26-22)15-3-5-16(24)6-4-15/h3-8,13-14H,9-12H2,1-2H3. The maximum Gasteiger partial charge on any atom is 0.286 e. The van der Waals surface area contributed by atoms with Crippen LogP contribution < -0.4 is 14.4 Å². The molecule has 2 heterocycles. The van der Waals surface area contributed by atoms with Crippen molar-refractivity contribution < 1.29 is 23.6 Å². The monoisotopic (exact) mass is 467 g/mol. The Labute approximate surface area is 194 Å². The van der Waals surface area contributed by atoms with Crippen molar-refractivity contribution in [2.24, 2.45) is 0 Å². The van der Waals surface area contributed by atoms with E-state index in [0.717, 1.165) is 5.56 Å². The zero-order valence-corrected chi connectivity index (χ0v) is 18.6. The number of nitro groups is 1. The zero-order chi connectivity index (χ0) is 24.2. The van der Waals surface area contributed by atoms with Gasteiger partial charge < -0.3 is 19.3 Å². The highest BCUT2D eigenvalue weighted by Crippen LogP contribution is 2.35. The maximum absolute atomic E-state index is 13.1. The molecule has 0 N–H and O–H groups in total. The highest BCUT2D eigenvalue weighted by atomic mass is 19.1. The van der Waals surface area contributed by atoms with Gasteiger partial charge in [0, 0.05) is 37.8 Å². The number of aromatic nitrogens is 2. The maximum atomic E-state index is 13.1. The SMILES string of the molecule is COc1cc(C(=O)N2CCN(c3ccc(-c4ccc(F)cc4)nn3)CC2)c([N+](=O)[O-])cc1OC. The minimum atomic E-state index is -0.607. The molecule has 2 aromatic carbocycles. The molecule has 1 amide bonds. The molecule has 0 aliphatic carbocycles. The summed E-state index contributed by atoms with van der Waals surface area (Å²) in [6, 6.07) is 12.2. The van der Waals surface area contributed by atoms with Crippen molar-refractivity contribution in [2.45, 2.75) is 0 Å². The topological polar surface area (TPSA) is 111 Å². The Morgan fingerprint density at radius 2 is 1.62 bits per heavy atom. The molecule has 34 heavy (non-hydrogen) atoms. The van der Waals surface area contributed by atoms with E-state index in [1.807, 2.05) is 11.0 Å². The van der Waals surface area contributed by atoms with Crippen molar-refractivity contribution in [3.05, 3.63) is 70.0 Å². The van der Waals surface area contributed by atoms with E-state index < -0.39 is 10.8 Å². The summed E-state index contributed by atoms with van der Waals surface area (Å²) < 4.78 is 23.5. The van der Waals surface area contributed by atoms with Crippen LogP contribution in [-0.4, -0.2) is 66.3 Å². The highest BCUT2D eigenvalue weighted by Gasteiger charge is 2.30. The number of benzene rings is 2. The van der Waals surface area contributed by atoms with Crippen LogP contribution in [0.5, 0.6) is 11.5 Å². The first-order valence-electron chi connectivity index (χ1n) is 10.5. The summed E-state index contributed by atoms with van der Waals surface area (Å²) in [4.78, 5) is 27.6. The van der Waals surface area contributed by atoms with E-state index in [1.54, 1.807) is 23.1 Å². The van der Waals surface area contributed by atoms with Gasteiger partial charge in [-0.3, -0.25) is 14.9 Å². The van der Waals surface area contributed by atoms with Crippen LogP contribution in [-0.2, 0) is 0 Å². The summed E-state index contributed by atoms with van der Waals surface area (Å²) in [6.45, 7) is 1.67. The largest absolute Gasteiger partial charge is 0.493 e. The van der Waals surface area contributed by atoms with Gasteiger partial charge in [0.05, 0.1) is 30.9 Å². The summed E-state index contributed by atoms with van der Waals surface area (Å²) in [7, 11) is 2.77. The molecule has 0 atom stereocenters. The van der Waals surface area contributed by atoms with Crippen LogP contribution >= 0.6 is 0 Å². The first kappa shape index (κ1) is 22.9. The summed E-state index contributed by atoms with van der Waals surface area (Å²) in [6.07, 6.45) is 0. The van der Waals surface area contributed by atoms with Crippen LogP contribution in [0.15, 0.2) is 48.5 Å². The molecule has 11 heteroatoms. The Morgan fingerprint density at radius 1 is 0.971 bits per heavy atom. The number of rotatable bonds is 6. The third kappa shape index (κ3) is 4.58. The van der Waals surface area contributed by atoms with Crippen molar-refractivity contribution in [3.8, 4) is 22.8 Å². The van der Waals surface area contributed by atoms with Gasteiger partial charge in [-0.15, -0.1) is 10.2 Å². The van der Waals surface area contributed by atoms with Crippen LogP contribution in [0, 0.1) is 15.9 Å². The molecule has 0 saturated carbocycles. The van der Waals surface area contributed by atoms with Gasteiger partial charge in [-0.1, -0.05) is 0 Å². The molecule has 1 aliphatic rings. The molecule has 10 nitrogen and oxygen atoms in total. The van der Waals surface area contributed by atoms with Crippen molar-refractivity contribution in [1.29, 1.82) is 0 Å². The third-order valence-corrected chi connectivity index (χ3v) is 5.61. The van der Waals surface area contributed by atoms with Gasteiger partial charge in [0.15, 0.2) is 17.3 Å². The van der Waals surface area contributed by atoms with E-state index in [1.165, 1.54) is 38.5 Å². The smallest absolute Gasteiger partial charge is 0.286 e. The average Bonchev–Trinajstić information content (AvgIpc) is 2.88. The molecule has 176 valence electrons. The normalized spacial score (nSPS) is 13.5. The molecule has 4 rings (SSSR count). The lowest BCUT2D eigenvalue weighted by atomic mass is 10.1. The lowest BCUT2D eigenvalue weighted by Gasteiger charge is -2.35. The molecular formula is C23H22FN5O5. The van der Waals surface area contributed by atoms with Crippen molar-refractivity contribution in [2.75, 3.05) is 45.3 Å². The van der Waals surface area contributed by atoms with Crippen molar-refractivity contribution >= 4 is 17.4 Å². The number of methoxy groups -OCH3 is 2. The number of anilines is 1. The van der Waals surface area contributed by atoms with E-state index >= 15 is 0 Å². The lowest BCUT2D eigenvalue weighted by Crippen LogP contribution is -2.49. The fraction of sp³-hybridized carbons (Fsp3) is 0.261. The van der Waals surface area contributed by atoms with E-state index in [0.29, 0.717) is 37.7 Å². The molecule has 1 aliphatic heterocycles. The Bertz CT molecular complexity index is 1200. The van der Waals surface area contributed by atoms with Gasteiger partial charge in [-0.2, -0.15) is 0 Å². The second kappa shape index (κ2) is 9.69. The molecule has 3 aromatic rings. The van der Waals surface area contributed by atoms with Gasteiger partial charge in [0.25, 0.3) is 11.6 Å². The molecule has 0 unspecified atom stereocenters. The number of amides is 1. The number of hydrogen-bond donors (Lipinski definition) is 0. The van der Waals surface area contributed by atoms with Crippen molar-refractivity contribution in [1.82, 2.24) is 15.1 Å². The number of ether oxygens (including phenoxy) is 2. The fourth-order valence-electron chi connectivity index (χ4n) is 3.77. The van der Waals surface area contributed by atoms with Crippen LogP contribution in [0.3, 0.4) is 0 Å². The summed E-state index contributed by atoms with van der Waals surface area (Å²) in [5, 5.41) is 20.1. The molecule has 1 saturated heterocycles. The number of piperazine rings is 1. The van der Waals surface area contributed by atoms with Gasteiger partial charge in [-0.25, -0.2) is 4.39 Å². The van der Waals surface area contributed by atoms with Gasteiger partial charge in [0.2, 0.25) is 0 Å². The fourth-order valence-corrected chi connectivity index (χ4v) is 3.77. The third-order valence-electron chi connectivity index (χ3n) is 5.61. The summed E-state index contributed by atoms with van der Waals surface area (Å²) in [5.41, 5.74) is 0.984. The van der Waals surface area contributed by atoms with E-state index in [-0.39, 0.29) is 28.6 Å². The van der Waals surface area contributed by atoms with E-state index in [2.05, 4.69) is 10.2 Å². The quantitative estimate of drug-likeness (QED) is 0.402.